The molecule has 3 rings (SSSR count). The van der Waals surface area contributed by atoms with E-state index in [1.165, 1.54) is 0 Å². The van der Waals surface area contributed by atoms with Crippen LogP contribution in [-0.4, -0.2) is 19.6 Å². The van der Waals surface area contributed by atoms with Crippen LogP contribution in [0.25, 0.3) is 17.0 Å². The molecular weight excluding hydrogens is 294 g/mol. The van der Waals surface area contributed by atoms with E-state index in [0.717, 1.165) is 21.4 Å². The molecule has 0 saturated heterocycles. The smallest absolute Gasteiger partial charge is 0.254 e. The van der Waals surface area contributed by atoms with E-state index in [-0.39, 0.29) is 5.95 Å². The number of halogens is 1. The maximum Gasteiger partial charge on any atom is 0.254 e. The number of nitrogens with two attached hydrogens (primary N) is 1. The second kappa shape index (κ2) is 4.06. The van der Waals surface area contributed by atoms with Gasteiger partial charge in [0.15, 0.2) is 0 Å². The molecule has 5 nitrogen and oxygen atoms in total. The Morgan fingerprint density at radius 3 is 2.61 bits per heavy atom. The van der Waals surface area contributed by atoms with E-state index >= 15 is 0 Å². The lowest BCUT2D eigenvalue weighted by Gasteiger charge is -2.03. The summed E-state index contributed by atoms with van der Waals surface area (Å²) in [5.74, 6) is 0.754. The molecule has 0 unspecified atom stereocenters. The Kier molecular flexibility index (Phi) is 2.52. The minimum Gasteiger partial charge on any atom is -0.366 e. The van der Waals surface area contributed by atoms with E-state index in [0.29, 0.717) is 5.78 Å². The molecule has 0 amide bonds. The molecule has 1 aromatic carbocycles. The lowest BCUT2D eigenvalue weighted by atomic mass is 10.1. The van der Waals surface area contributed by atoms with Gasteiger partial charge in [-0.2, -0.15) is 9.50 Å². The Bertz CT molecular complexity index is 717. The highest BCUT2D eigenvalue weighted by molar-refractivity contribution is 9.10. The molecule has 90 valence electrons. The Labute approximate surface area is 112 Å². The fraction of sp³-hybridized carbons (Fsp3) is 0.0833. The Balaban J connectivity index is 2.20. The molecule has 0 saturated carbocycles. The zero-order valence-electron chi connectivity index (χ0n) is 9.63. The van der Waals surface area contributed by atoms with Gasteiger partial charge in [0.05, 0.1) is 5.69 Å². The van der Waals surface area contributed by atoms with Crippen LogP contribution in [0.5, 0.6) is 0 Å². The largest absolute Gasteiger partial charge is 0.366 e. The number of rotatable bonds is 1. The number of anilines is 1. The van der Waals surface area contributed by atoms with E-state index in [4.69, 9.17) is 5.73 Å². The Morgan fingerprint density at radius 1 is 1.17 bits per heavy atom. The first kappa shape index (κ1) is 11.2. The number of hydrogen-bond acceptors (Lipinski definition) is 4. The number of benzene rings is 1. The summed E-state index contributed by atoms with van der Waals surface area (Å²) in [6.07, 6.45) is 0. The van der Waals surface area contributed by atoms with Crippen molar-refractivity contribution in [3.63, 3.8) is 0 Å². The van der Waals surface area contributed by atoms with Crippen molar-refractivity contribution in [2.24, 2.45) is 0 Å². The van der Waals surface area contributed by atoms with Gasteiger partial charge in [0.25, 0.3) is 5.78 Å². The molecule has 0 bridgehead atoms. The Hall–Kier alpha value is -1.95. The lowest BCUT2D eigenvalue weighted by Crippen LogP contribution is -1.98. The van der Waals surface area contributed by atoms with Gasteiger partial charge in [0.2, 0.25) is 5.95 Å². The maximum atomic E-state index is 5.58. The van der Waals surface area contributed by atoms with Crippen LogP contribution in [0.3, 0.4) is 0 Å². The molecule has 0 aliphatic carbocycles. The predicted octanol–water partition coefficient (Wildman–Crippen LogP) is 2.44. The molecule has 0 aliphatic heterocycles. The highest BCUT2D eigenvalue weighted by atomic mass is 79.9. The van der Waals surface area contributed by atoms with Crippen molar-refractivity contribution in [3.05, 3.63) is 40.5 Å². The molecule has 0 spiro atoms. The van der Waals surface area contributed by atoms with Gasteiger partial charge in [-0.05, 0) is 25.1 Å². The topological polar surface area (TPSA) is 69.1 Å². The highest BCUT2D eigenvalue weighted by Crippen LogP contribution is 2.21. The third-order valence-electron chi connectivity index (χ3n) is 2.65. The van der Waals surface area contributed by atoms with Gasteiger partial charge in [0, 0.05) is 15.7 Å². The number of nitrogens with zero attached hydrogens (tertiary/aromatic N) is 4. The first-order valence-corrected chi connectivity index (χ1v) is 6.18. The Morgan fingerprint density at radius 2 is 1.89 bits per heavy atom. The highest BCUT2D eigenvalue weighted by Gasteiger charge is 2.08. The van der Waals surface area contributed by atoms with Gasteiger partial charge >= 0.3 is 0 Å². The second-order valence-corrected chi connectivity index (χ2v) is 4.89. The summed E-state index contributed by atoms with van der Waals surface area (Å²) in [7, 11) is 0. The van der Waals surface area contributed by atoms with Crippen molar-refractivity contribution in [1.82, 2.24) is 19.6 Å². The van der Waals surface area contributed by atoms with Gasteiger partial charge in [-0.25, -0.2) is 4.98 Å². The number of hydrogen-bond donors (Lipinski definition) is 1. The maximum absolute atomic E-state index is 5.58. The van der Waals surface area contributed by atoms with Gasteiger partial charge in [-0.3, -0.25) is 0 Å². The molecule has 18 heavy (non-hydrogen) atoms. The minimum absolute atomic E-state index is 0.235. The molecule has 2 aromatic heterocycles. The summed E-state index contributed by atoms with van der Waals surface area (Å²) in [5.41, 5.74) is 8.42. The van der Waals surface area contributed by atoms with E-state index < -0.39 is 0 Å². The van der Waals surface area contributed by atoms with Crippen molar-refractivity contribution in [1.29, 1.82) is 0 Å². The van der Waals surface area contributed by atoms with E-state index in [1.807, 2.05) is 37.3 Å². The predicted molar refractivity (Wildman–Crippen MR) is 73.1 cm³/mol. The average molecular weight is 304 g/mol. The van der Waals surface area contributed by atoms with Gasteiger partial charge in [-0.1, -0.05) is 28.1 Å². The lowest BCUT2D eigenvalue weighted by molar-refractivity contribution is 0.900. The molecule has 2 N–H and O–H groups in total. The van der Waals surface area contributed by atoms with Crippen molar-refractivity contribution in [2.45, 2.75) is 6.92 Å². The summed E-state index contributed by atoms with van der Waals surface area (Å²) >= 11 is 3.41. The summed E-state index contributed by atoms with van der Waals surface area (Å²) < 4.78 is 2.67. The quantitative estimate of drug-likeness (QED) is 0.749. The molecule has 0 fully saturated rings. The van der Waals surface area contributed by atoms with Gasteiger partial charge < -0.3 is 5.73 Å². The first-order valence-electron chi connectivity index (χ1n) is 5.39. The molecule has 0 atom stereocenters. The van der Waals surface area contributed by atoms with Crippen LogP contribution in [0, 0.1) is 6.92 Å². The fourth-order valence-electron chi connectivity index (χ4n) is 1.80. The van der Waals surface area contributed by atoms with Crippen LogP contribution in [0.15, 0.2) is 34.8 Å². The van der Waals surface area contributed by atoms with Crippen LogP contribution in [0.1, 0.15) is 5.69 Å². The summed E-state index contributed by atoms with van der Waals surface area (Å²) in [6.45, 7) is 1.95. The molecular formula is C12H10BrN5. The summed E-state index contributed by atoms with van der Waals surface area (Å²) in [6, 6.07) is 9.93. The van der Waals surface area contributed by atoms with Crippen LogP contribution in [-0.2, 0) is 0 Å². The normalized spacial score (nSPS) is 11.0. The van der Waals surface area contributed by atoms with Crippen molar-refractivity contribution in [2.75, 3.05) is 5.73 Å². The number of fused-ring (bicyclic) bond motifs is 1. The van der Waals surface area contributed by atoms with E-state index in [1.54, 1.807) is 4.52 Å². The summed E-state index contributed by atoms with van der Waals surface area (Å²) in [4.78, 5) is 8.54. The number of nitrogen functional groups attached to an aromatic ring is 1. The molecule has 6 heteroatoms. The van der Waals surface area contributed by atoms with Crippen molar-refractivity contribution < 1.29 is 0 Å². The van der Waals surface area contributed by atoms with Crippen LogP contribution in [0.4, 0.5) is 5.95 Å². The number of aromatic nitrogens is 4. The fourth-order valence-corrected chi connectivity index (χ4v) is 2.06. The number of aryl methyl sites for hydroxylation is 1. The standard InChI is InChI=1S/C12H10BrN5/c1-7-6-10(8-2-4-9(13)5-3-8)15-12-16-11(14)17-18(7)12/h2-6H,1H3,(H2,14,17). The van der Waals surface area contributed by atoms with Crippen molar-refractivity contribution in [3.8, 4) is 11.3 Å². The average Bonchev–Trinajstić information content (AvgIpc) is 2.71. The monoisotopic (exact) mass is 303 g/mol. The molecule has 2 heterocycles. The summed E-state index contributed by atoms with van der Waals surface area (Å²) in [5, 5.41) is 4.07. The molecule has 3 aromatic rings. The zero-order valence-corrected chi connectivity index (χ0v) is 11.2. The zero-order chi connectivity index (χ0) is 12.7. The third-order valence-corrected chi connectivity index (χ3v) is 3.18. The van der Waals surface area contributed by atoms with Crippen LogP contribution >= 0.6 is 15.9 Å². The molecule has 0 aliphatic rings. The van der Waals surface area contributed by atoms with E-state index in [9.17, 15) is 0 Å². The minimum atomic E-state index is 0.235. The molecule has 0 radical (unpaired) electrons. The first-order chi connectivity index (χ1) is 8.63. The van der Waals surface area contributed by atoms with Gasteiger partial charge in [0.1, 0.15) is 0 Å². The van der Waals surface area contributed by atoms with Crippen LogP contribution < -0.4 is 5.73 Å². The third kappa shape index (κ3) is 1.84. The SMILES string of the molecule is Cc1cc(-c2ccc(Br)cc2)nc2nc(N)nn12. The van der Waals surface area contributed by atoms with Crippen LogP contribution in [0.2, 0.25) is 0 Å². The van der Waals surface area contributed by atoms with Crippen molar-refractivity contribution >= 4 is 27.7 Å². The second-order valence-electron chi connectivity index (χ2n) is 3.97. The van der Waals surface area contributed by atoms with E-state index in [2.05, 4.69) is 31.0 Å². The van der Waals surface area contributed by atoms with Gasteiger partial charge in [-0.15, -0.1) is 5.10 Å².